The minimum absolute atomic E-state index is 0.0716. The topological polar surface area (TPSA) is 66.5 Å². The zero-order chi connectivity index (χ0) is 20.1. The maximum absolute atomic E-state index is 13.1. The van der Waals surface area contributed by atoms with Crippen molar-refractivity contribution in [3.8, 4) is 0 Å². The van der Waals surface area contributed by atoms with Gasteiger partial charge in [-0.05, 0) is 55.0 Å². The van der Waals surface area contributed by atoms with Crippen LogP contribution < -0.4 is 5.32 Å². The smallest absolute Gasteiger partial charge is 0.243 e. The van der Waals surface area contributed by atoms with Gasteiger partial charge in [-0.15, -0.1) is 11.8 Å². The lowest BCUT2D eigenvalue weighted by Crippen LogP contribution is -2.41. The third-order valence-electron chi connectivity index (χ3n) is 4.72. The summed E-state index contributed by atoms with van der Waals surface area (Å²) in [7, 11) is -3.67. The van der Waals surface area contributed by atoms with Gasteiger partial charge in [0.1, 0.15) is 5.82 Å². The summed E-state index contributed by atoms with van der Waals surface area (Å²) in [5.74, 6) is 0.116. The molecule has 0 aromatic heterocycles. The SMILES string of the molecule is CCSc1ccccc1NC(=O)C1CCN(S(=O)(=O)c2ccc(F)cc2)CC1. The van der Waals surface area contributed by atoms with Crippen molar-refractivity contribution in [2.24, 2.45) is 5.92 Å². The summed E-state index contributed by atoms with van der Waals surface area (Å²) < 4.78 is 39.8. The van der Waals surface area contributed by atoms with Gasteiger partial charge < -0.3 is 5.32 Å². The molecular weight excluding hydrogens is 399 g/mol. The maximum atomic E-state index is 13.1. The van der Waals surface area contributed by atoms with Gasteiger partial charge in [0, 0.05) is 23.9 Å². The van der Waals surface area contributed by atoms with Crippen molar-refractivity contribution in [3.05, 3.63) is 54.3 Å². The Hall–Kier alpha value is -1.90. The highest BCUT2D eigenvalue weighted by molar-refractivity contribution is 7.99. The van der Waals surface area contributed by atoms with E-state index in [0.717, 1.165) is 28.5 Å². The van der Waals surface area contributed by atoms with Crippen molar-refractivity contribution in [1.29, 1.82) is 0 Å². The number of sulfonamides is 1. The number of carbonyl (C=O) groups is 1. The molecule has 1 saturated heterocycles. The molecule has 0 spiro atoms. The Morgan fingerprint density at radius 3 is 2.43 bits per heavy atom. The molecule has 1 aliphatic rings. The van der Waals surface area contributed by atoms with Crippen LogP contribution >= 0.6 is 11.8 Å². The molecule has 3 rings (SSSR count). The first-order valence-electron chi connectivity index (χ1n) is 9.20. The molecular formula is C20H23FN2O3S2. The largest absolute Gasteiger partial charge is 0.325 e. The Morgan fingerprint density at radius 1 is 1.14 bits per heavy atom. The second-order valence-electron chi connectivity index (χ2n) is 6.55. The number of hydrogen-bond acceptors (Lipinski definition) is 4. The van der Waals surface area contributed by atoms with E-state index in [2.05, 4.69) is 12.2 Å². The summed E-state index contributed by atoms with van der Waals surface area (Å²) >= 11 is 1.66. The average Bonchev–Trinajstić information content (AvgIpc) is 2.70. The molecule has 1 amide bonds. The number of hydrogen-bond donors (Lipinski definition) is 1. The number of amides is 1. The van der Waals surface area contributed by atoms with Crippen LogP contribution in [0.5, 0.6) is 0 Å². The van der Waals surface area contributed by atoms with E-state index in [1.807, 2.05) is 24.3 Å². The molecule has 2 aromatic rings. The fourth-order valence-electron chi connectivity index (χ4n) is 3.20. The second-order valence-corrected chi connectivity index (χ2v) is 9.79. The van der Waals surface area contributed by atoms with Crippen LogP contribution in [-0.2, 0) is 14.8 Å². The molecule has 0 saturated carbocycles. The van der Waals surface area contributed by atoms with Crippen molar-refractivity contribution in [1.82, 2.24) is 4.31 Å². The first-order chi connectivity index (χ1) is 13.4. The fourth-order valence-corrected chi connectivity index (χ4v) is 5.43. The lowest BCUT2D eigenvalue weighted by Gasteiger charge is -2.30. The molecule has 2 aromatic carbocycles. The second kappa shape index (κ2) is 9.07. The number of benzene rings is 2. The highest BCUT2D eigenvalue weighted by Crippen LogP contribution is 2.29. The molecule has 1 N–H and O–H groups in total. The third-order valence-corrected chi connectivity index (χ3v) is 7.59. The molecule has 0 radical (unpaired) electrons. The maximum Gasteiger partial charge on any atom is 0.243 e. The number of nitrogens with one attached hydrogen (secondary N) is 1. The first kappa shape index (κ1) is 20.8. The zero-order valence-corrected chi connectivity index (χ0v) is 17.2. The van der Waals surface area contributed by atoms with Gasteiger partial charge in [-0.25, -0.2) is 12.8 Å². The van der Waals surface area contributed by atoms with E-state index < -0.39 is 15.8 Å². The quantitative estimate of drug-likeness (QED) is 0.715. The summed E-state index contributed by atoms with van der Waals surface area (Å²) in [6.07, 6.45) is 0.907. The Balaban J connectivity index is 1.62. The summed E-state index contributed by atoms with van der Waals surface area (Å²) in [5, 5.41) is 2.99. The molecule has 1 heterocycles. The van der Waals surface area contributed by atoms with Crippen molar-refractivity contribution >= 4 is 33.4 Å². The van der Waals surface area contributed by atoms with Crippen LogP contribution in [0.2, 0.25) is 0 Å². The molecule has 5 nitrogen and oxygen atoms in total. The van der Waals surface area contributed by atoms with Crippen LogP contribution in [0.15, 0.2) is 58.3 Å². The first-order valence-corrected chi connectivity index (χ1v) is 11.6. The molecule has 150 valence electrons. The van der Waals surface area contributed by atoms with Crippen molar-refractivity contribution < 1.29 is 17.6 Å². The van der Waals surface area contributed by atoms with Gasteiger partial charge in [0.25, 0.3) is 0 Å². The van der Waals surface area contributed by atoms with Crippen molar-refractivity contribution in [3.63, 3.8) is 0 Å². The number of rotatable bonds is 6. The van der Waals surface area contributed by atoms with Crippen LogP contribution in [0.3, 0.4) is 0 Å². The molecule has 0 unspecified atom stereocenters. The summed E-state index contributed by atoms with van der Waals surface area (Å²) in [6, 6.07) is 12.5. The normalized spacial score (nSPS) is 16.1. The highest BCUT2D eigenvalue weighted by Gasteiger charge is 2.32. The molecule has 1 fully saturated rings. The van der Waals surface area contributed by atoms with Gasteiger partial charge in [0.2, 0.25) is 15.9 Å². The molecule has 1 aliphatic heterocycles. The third kappa shape index (κ3) is 4.74. The van der Waals surface area contributed by atoms with Gasteiger partial charge >= 0.3 is 0 Å². The summed E-state index contributed by atoms with van der Waals surface area (Å²) in [4.78, 5) is 13.8. The molecule has 0 atom stereocenters. The minimum Gasteiger partial charge on any atom is -0.325 e. The number of thioether (sulfide) groups is 1. The molecule has 0 bridgehead atoms. The Labute approximate surface area is 169 Å². The van der Waals surface area contributed by atoms with E-state index in [4.69, 9.17) is 0 Å². The van der Waals surface area contributed by atoms with Crippen LogP contribution in [-0.4, -0.2) is 37.5 Å². The average molecular weight is 423 g/mol. The summed E-state index contributed by atoms with van der Waals surface area (Å²) in [6.45, 7) is 2.59. The van der Waals surface area contributed by atoms with Crippen LogP contribution in [0, 0.1) is 11.7 Å². The van der Waals surface area contributed by atoms with Gasteiger partial charge in [0.15, 0.2) is 0 Å². The minimum atomic E-state index is -3.67. The van der Waals surface area contributed by atoms with Gasteiger partial charge in [-0.2, -0.15) is 4.31 Å². The van der Waals surface area contributed by atoms with E-state index in [9.17, 15) is 17.6 Å². The zero-order valence-electron chi connectivity index (χ0n) is 15.6. The predicted octanol–water partition coefficient (Wildman–Crippen LogP) is 3.98. The van der Waals surface area contributed by atoms with Crippen LogP contribution in [0.1, 0.15) is 19.8 Å². The number of piperidine rings is 1. The fraction of sp³-hybridized carbons (Fsp3) is 0.350. The summed E-state index contributed by atoms with van der Waals surface area (Å²) in [5.41, 5.74) is 0.792. The van der Waals surface area contributed by atoms with Gasteiger partial charge in [0.05, 0.1) is 10.6 Å². The molecule has 8 heteroatoms. The van der Waals surface area contributed by atoms with E-state index in [1.165, 1.54) is 16.4 Å². The highest BCUT2D eigenvalue weighted by atomic mass is 32.2. The van der Waals surface area contributed by atoms with E-state index >= 15 is 0 Å². The Morgan fingerprint density at radius 2 is 1.79 bits per heavy atom. The Bertz CT molecular complexity index is 925. The van der Waals surface area contributed by atoms with Crippen LogP contribution in [0.25, 0.3) is 0 Å². The standard InChI is InChI=1S/C20H23FN2O3S2/c1-2-27-19-6-4-3-5-18(19)22-20(24)15-11-13-23(14-12-15)28(25,26)17-9-7-16(21)8-10-17/h3-10,15H,2,11-14H2,1H3,(H,22,24). The number of para-hydroxylation sites is 1. The lowest BCUT2D eigenvalue weighted by atomic mass is 9.97. The van der Waals surface area contributed by atoms with E-state index in [1.54, 1.807) is 11.8 Å². The number of anilines is 1. The lowest BCUT2D eigenvalue weighted by molar-refractivity contribution is -0.120. The number of halogens is 1. The Kier molecular flexibility index (Phi) is 6.74. The predicted molar refractivity (Wildman–Crippen MR) is 109 cm³/mol. The van der Waals surface area contributed by atoms with Crippen molar-refractivity contribution in [2.75, 3.05) is 24.2 Å². The molecule has 28 heavy (non-hydrogen) atoms. The number of carbonyl (C=O) groups excluding carboxylic acids is 1. The van der Waals surface area contributed by atoms with Gasteiger partial charge in [-0.3, -0.25) is 4.79 Å². The molecule has 0 aliphatic carbocycles. The van der Waals surface area contributed by atoms with Crippen LogP contribution in [0.4, 0.5) is 10.1 Å². The monoisotopic (exact) mass is 422 g/mol. The van der Waals surface area contributed by atoms with E-state index in [0.29, 0.717) is 12.8 Å². The van der Waals surface area contributed by atoms with Gasteiger partial charge in [-0.1, -0.05) is 19.1 Å². The van der Waals surface area contributed by atoms with E-state index in [-0.39, 0.29) is 29.8 Å². The van der Waals surface area contributed by atoms with Crippen molar-refractivity contribution in [2.45, 2.75) is 29.6 Å². The number of nitrogens with zero attached hydrogens (tertiary/aromatic N) is 1.